The Morgan fingerprint density at radius 3 is 2.89 bits per heavy atom. The summed E-state index contributed by atoms with van der Waals surface area (Å²) in [7, 11) is 2.03. The fraction of sp³-hybridized carbons (Fsp3) is 0.231. The lowest BCUT2D eigenvalue weighted by molar-refractivity contribution is 0.962. The van der Waals surface area contributed by atoms with E-state index in [1.807, 2.05) is 32.3 Å². The lowest BCUT2D eigenvalue weighted by Crippen LogP contribution is -1.95. The molecule has 2 heterocycles. The number of aromatic nitrogens is 3. The largest absolute Gasteiger partial charge is 0.326 e. The number of fused-ring (bicyclic) bond motifs is 1. The molecular formula is C13H14N4S. The predicted molar refractivity (Wildman–Crippen MR) is 74.5 cm³/mol. The van der Waals surface area contributed by atoms with E-state index in [4.69, 9.17) is 5.73 Å². The van der Waals surface area contributed by atoms with E-state index in [0.29, 0.717) is 6.54 Å². The van der Waals surface area contributed by atoms with Crippen molar-refractivity contribution in [2.24, 2.45) is 12.8 Å². The first-order valence-corrected chi connectivity index (χ1v) is 6.59. The number of hydrogen-bond acceptors (Lipinski definition) is 4. The lowest BCUT2D eigenvalue weighted by Gasteiger charge is -1.99. The molecule has 0 saturated carbocycles. The van der Waals surface area contributed by atoms with Crippen LogP contribution in [0.1, 0.15) is 10.6 Å². The smallest absolute Gasteiger partial charge is 0.152 e. The van der Waals surface area contributed by atoms with Crippen molar-refractivity contribution in [3.05, 3.63) is 35.0 Å². The average Bonchev–Trinajstić information content (AvgIpc) is 2.93. The third-order valence-electron chi connectivity index (χ3n) is 3.02. The van der Waals surface area contributed by atoms with Gasteiger partial charge in [0, 0.05) is 19.8 Å². The highest BCUT2D eigenvalue weighted by atomic mass is 32.1. The van der Waals surface area contributed by atoms with Crippen molar-refractivity contribution in [2.45, 2.75) is 13.5 Å². The number of rotatable bonds is 2. The van der Waals surface area contributed by atoms with E-state index < -0.39 is 0 Å². The second kappa shape index (κ2) is 4.19. The van der Waals surface area contributed by atoms with Crippen LogP contribution in [0.25, 0.3) is 21.7 Å². The average molecular weight is 258 g/mol. The Balaban J connectivity index is 2.22. The highest BCUT2D eigenvalue weighted by molar-refractivity contribution is 7.15. The van der Waals surface area contributed by atoms with Gasteiger partial charge in [0.2, 0.25) is 0 Å². The first-order chi connectivity index (χ1) is 8.69. The van der Waals surface area contributed by atoms with Crippen molar-refractivity contribution in [1.82, 2.24) is 14.5 Å². The summed E-state index contributed by atoms with van der Waals surface area (Å²) in [6, 6.07) is 6.17. The van der Waals surface area contributed by atoms with E-state index in [1.54, 1.807) is 11.3 Å². The van der Waals surface area contributed by atoms with Crippen molar-refractivity contribution in [2.75, 3.05) is 0 Å². The molecule has 18 heavy (non-hydrogen) atoms. The monoisotopic (exact) mass is 258 g/mol. The van der Waals surface area contributed by atoms with Gasteiger partial charge in [-0.2, -0.15) is 0 Å². The van der Waals surface area contributed by atoms with E-state index in [1.165, 1.54) is 0 Å². The van der Waals surface area contributed by atoms with Gasteiger partial charge in [0.1, 0.15) is 0 Å². The maximum absolute atomic E-state index is 5.66. The maximum Gasteiger partial charge on any atom is 0.152 e. The van der Waals surface area contributed by atoms with Gasteiger partial charge in [-0.15, -0.1) is 11.3 Å². The van der Waals surface area contributed by atoms with Gasteiger partial charge in [-0.05, 0) is 24.6 Å². The first-order valence-electron chi connectivity index (χ1n) is 5.77. The van der Waals surface area contributed by atoms with Crippen LogP contribution in [-0.4, -0.2) is 14.5 Å². The van der Waals surface area contributed by atoms with Crippen molar-refractivity contribution < 1.29 is 0 Å². The number of nitrogens with zero attached hydrogens (tertiary/aromatic N) is 3. The normalized spacial score (nSPS) is 11.3. The van der Waals surface area contributed by atoms with Gasteiger partial charge < -0.3 is 10.3 Å². The summed E-state index contributed by atoms with van der Waals surface area (Å²) in [6.45, 7) is 2.55. The topological polar surface area (TPSA) is 56.7 Å². The molecule has 0 saturated heterocycles. The van der Waals surface area contributed by atoms with E-state index >= 15 is 0 Å². The van der Waals surface area contributed by atoms with Gasteiger partial charge in [-0.1, -0.05) is 6.07 Å². The lowest BCUT2D eigenvalue weighted by atomic mass is 10.2. The van der Waals surface area contributed by atoms with Crippen LogP contribution >= 0.6 is 11.3 Å². The Morgan fingerprint density at radius 2 is 2.22 bits per heavy atom. The van der Waals surface area contributed by atoms with Gasteiger partial charge in [-0.25, -0.2) is 9.97 Å². The Bertz CT molecular complexity index is 711. The molecule has 2 aromatic heterocycles. The molecule has 0 spiro atoms. The Hall–Kier alpha value is -1.72. The third-order valence-corrected chi connectivity index (χ3v) is 3.93. The standard InChI is InChI=1S/C13H14N4S/c1-8-15-7-12(18-8)13-16-10-5-9(6-14)3-4-11(10)17(13)2/h3-5,7H,6,14H2,1-2H3. The first kappa shape index (κ1) is 11.4. The molecule has 4 nitrogen and oxygen atoms in total. The summed E-state index contributed by atoms with van der Waals surface area (Å²) in [6.07, 6.45) is 1.88. The van der Waals surface area contributed by atoms with Crippen LogP contribution in [0.15, 0.2) is 24.4 Å². The molecule has 2 N–H and O–H groups in total. The van der Waals surface area contributed by atoms with E-state index in [-0.39, 0.29) is 0 Å². The van der Waals surface area contributed by atoms with Crippen LogP contribution < -0.4 is 5.73 Å². The van der Waals surface area contributed by atoms with Gasteiger partial charge in [-0.3, -0.25) is 0 Å². The number of hydrogen-bond donors (Lipinski definition) is 1. The highest BCUT2D eigenvalue weighted by Gasteiger charge is 2.12. The highest BCUT2D eigenvalue weighted by Crippen LogP contribution is 2.28. The van der Waals surface area contributed by atoms with Gasteiger partial charge in [0.15, 0.2) is 5.82 Å². The summed E-state index contributed by atoms with van der Waals surface area (Å²) in [5, 5.41) is 1.06. The second-order valence-electron chi connectivity index (χ2n) is 4.27. The fourth-order valence-electron chi connectivity index (χ4n) is 2.06. The van der Waals surface area contributed by atoms with Gasteiger partial charge in [0.25, 0.3) is 0 Å². The molecule has 3 aromatic rings. The van der Waals surface area contributed by atoms with E-state index in [2.05, 4.69) is 20.6 Å². The number of nitrogens with two attached hydrogens (primary N) is 1. The SMILES string of the molecule is Cc1ncc(-c2nc3cc(CN)ccc3n2C)s1. The molecule has 0 aliphatic heterocycles. The zero-order valence-electron chi connectivity index (χ0n) is 10.3. The molecule has 0 atom stereocenters. The molecular weight excluding hydrogens is 244 g/mol. The van der Waals surface area contributed by atoms with Crippen molar-refractivity contribution in [3.8, 4) is 10.7 Å². The van der Waals surface area contributed by atoms with Crippen molar-refractivity contribution >= 4 is 22.4 Å². The molecule has 0 unspecified atom stereocenters. The van der Waals surface area contributed by atoms with Crippen LogP contribution in [0, 0.1) is 6.92 Å². The second-order valence-corrected chi connectivity index (χ2v) is 5.50. The Morgan fingerprint density at radius 1 is 1.39 bits per heavy atom. The van der Waals surface area contributed by atoms with Gasteiger partial charge >= 0.3 is 0 Å². The Labute approximate surface area is 109 Å². The van der Waals surface area contributed by atoms with Gasteiger partial charge in [0.05, 0.1) is 20.9 Å². The molecule has 0 amide bonds. The van der Waals surface area contributed by atoms with Crippen molar-refractivity contribution in [1.29, 1.82) is 0 Å². The molecule has 0 aliphatic carbocycles. The molecule has 3 rings (SSSR count). The molecule has 0 aliphatic rings. The number of thiazole rings is 1. The zero-order chi connectivity index (χ0) is 12.7. The summed E-state index contributed by atoms with van der Waals surface area (Å²) in [5.41, 5.74) is 8.87. The van der Waals surface area contributed by atoms with E-state index in [0.717, 1.165) is 32.3 Å². The summed E-state index contributed by atoms with van der Waals surface area (Å²) < 4.78 is 2.10. The molecule has 0 fully saturated rings. The minimum atomic E-state index is 0.543. The summed E-state index contributed by atoms with van der Waals surface area (Å²) >= 11 is 1.66. The van der Waals surface area contributed by atoms with Crippen LogP contribution in [0.4, 0.5) is 0 Å². The Kier molecular flexibility index (Phi) is 2.65. The van der Waals surface area contributed by atoms with E-state index in [9.17, 15) is 0 Å². The quantitative estimate of drug-likeness (QED) is 0.768. The fourth-order valence-corrected chi connectivity index (χ4v) is 2.86. The summed E-state index contributed by atoms with van der Waals surface area (Å²) in [5.74, 6) is 0.963. The number of imidazole rings is 1. The van der Waals surface area contributed by atoms with Crippen LogP contribution in [0.5, 0.6) is 0 Å². The molecule has 0 radical (unpaired) electrons. The van der Waals surface area contributed by atoms with Crippen LogP contribution in [-0.2, 0) is 13.6 Å². The molecule has 0 bridgehead atoms. The van der Waals surface area contributed by atoms with Crippen LogP contribution in [0.2, 0.25) is 0 Å². The maximum atomic E-state index is 5.66. The van der Waals surface area contributed by atoms with Crippen molar-refractivity contribution in [3.63, 3.8) is 0 Å². The minimum Gasteiger partial charge on any atom is -0.326 e. The number of benzene rings is 1. The summed E-state index contributed by atoms with van der Waals surface area (Å²) in [4.78, 5) is 10.1. The molecule has 1 aromatic carbocycles. The molecule has 5 heteroatoms. The third kappa shape index (κ3) is 1.72. The minimum absolute atomic E-state index is 0.543. The molecule has 92 valence electrons. The number of aryl methyl sites for hydroxylation is 2. The predicted octanol–water partition coefficient (Wildman–Crippen LogP) is 2.46. The van der Waals surface area contributed by atoms with Crippen LogP contribution in [0.3, 0.4) is 0 Å². The zero-order valence-corrected chi connectivity index (χ0v) is 11.2.